The topological polar surface area (TPSA) is 47.6 Å². The number of nitrogens with one attached hydrogen (secondary N) is 1. The van der Waals surface area contributed by atoms with Crippen LogP contribution in [-0.4, -0.2) is 25.2 Å². The van der Waals surface area contributed by atoms with Gasteiger partial charge in [-0.25, -0.2) is 0 Å². The molecule has 1 N–H and O–H groups in total. The van der Waals surface area contributed by atoms with Gasteiger partial charge in [-0.3, -0.25) is 4.79 Å². The molecule has 4 nitrogen and oxygen atoms in total. The fourth-order valence-corrected chi connectivity index (χ4v) is 1.95. The van der Waals surface area contributed by atoms with Crippen molar-refractivity contribution in [3.8, 4) is 5.75 Å². The number of hydrogen-bond acceptors (Lipinski definition) is 3. The Labute approximate surface area is 127 Å². The molecule has 118 valence electrons. The summed E-state index contributed by atoms with van der Waals surface area (Å²) in [6.07, 6.45) is 1.57. The first kappa shape index (κ1) is 17.5. The van der Waals surface area contributed by atoms with E-state index >= 15 is 0 Å². The van der Waals surface area contributed by atoms with Crippen LogP contribution >= 0.6 is 0 Å². The second kappa shape index (κ2) is 8.03. The van der Waals surface area contributed by atoms with Crippen molar-refractivity contribution in [3.05, 3.63) is 24.3 Å². The van der Waals surface area contributed by atoms with E-state index < -0.39 is 5.60 Å². The highest BCUT2D eigenvalue weighted by molar-refractivity contribution is 5.97. The molecular formula is C17H27NO3. The van der Waals surface area contributed by atoms with Crippen molar-refractivity contribution in [2.45, 2.75) is 46.1 Å². The van der Waals surface area contributed by atoms with Gasteiger partial charge in [-0.1, -0.05) is 27.2 Å². The number of ether oxygens (including phenoxy) is 2. The van der Waals surface area contributed by atoms with E-state index in [0.29, 0.717) is 18.9 Å². The molecule has 0 radical (unpaired) electrons. The van der Waals surface area contributed by atoms with Crippen molar-refractivity contribution in [2.75, 3.05) is 19.0 Å². The average molecular weight is 293 g/mol. The van der Waals surface area contributed by atoms with Crippen LogP contribution in [0.4, 0.5) is 5.69 Å². The van der Waals surface area contributed by atoms with E-state index in [0.717, 1.165) is 17.9 Å². The Hall–Kier alpha value is -1.55. The van der Waals surface area contributed by atoms with Crippen LogP contribution in [0.5, 0.6) is 5.75 Å². The van der Waals surface area contributed by atoms with Crippen LogP contribution in [0.1, 0.15) is 40.5 Å². The van der Waals surface area contributed by atoms with Gasteiger partial charge in [0, 0.05) is 12.8 Å². The zero-order valence-corrected chi connectivity index (χ0v) is 13.7. The summed E-state index contributed by atoms with van der Waals surface area (Å²) >= 11 is 0. The Morgan fingerprint density at radius 3 is 2.38 bits per heavy atom. The largest absolute Gasteiger partial charge is 0.493 e. The minimum absolute atomic E-state index is 0.123. The molecule has 1 amide bonds. The quantitative estimate of drug-likeness (QED) is 0.791. The average Bonchev–Trinajstić information content (AvgIpc) is 2.46. The van der Waals surface area contributed by atoms with E-state index in [1.807, 2.05) is 38.1 Å². The lowest BCUT2D eigenvalue weighted by atomic mass is 9.99. The molecule has 1 aromatic rings. The highest BCUT2D eigenvalue weighted by Crippen LogP contribution is 2.21. The maximum atomic E-state index is 12.3. The predicted molar refractivity (Wildman–Crippen MR) is 85.7 cm³/mol. The molecule has 1 aromatic carbocycles. The highest BCUT2D eigenvalue weighted by atomic mass is 16.5. The Morgan fingerprint density at radius 1 is 1.29 bits per heavy atom. The number of hydrogen-bond donors (Lipinski definition) is 1. The van der Waals surface area contributed by atoms with E-state index in [-0.39, 0.29) is 5.91 Å². The maximum Gasteiger partial charge on any atom is 0.256 e. The molecule has 1 atom stereocenters. The Kier molecular flexibility index (Phi) is 6.69. The lowest BCUT2D eigenvalue weighted by Crippen LogP contribution is -2.41. The van der Waals surface area contributed by atoms with Gasteiger partial charge in [-0.05, 0) is 43.5 Å². The summed E-state index contributed by atoms with van der Waals surface area (Å²) in [6.45, 7) is 8.74. The highest BCUT2D eigenvalue weighted by Gasteiger charge is 2.31. The number of rotatable bonds is 8. The molecule has 1 rings (SSSR count). The first-order chi connectivity index (χ1) is 9.91. The minimum Gasteiger partial charge on any atom is -0.493 e. The van der Waals surface area contributed by atoms with E-state index in [1.54, 1.807) is 7.11 Å². The third-order valence-electron chi connectivity index (χ3n) is 3.35. The number of amides is 1. The fraction of sp³-hybridized carbons (Fsp3) is 0.588. The summed E-state index contributed by atoms with van der Waals surface area (Å²) in [6, 6.07) is 7.41. The number of anilines is 1. The molecule has 0 heterocycles. The third kappa shape index (κ3) is 5.38. The molecule has 0 bridgehead atoms. The molecule has 0 aliphatic heterocycles. The van der Waals surface area contributed by atoms with E-state index in [9.17, 15) is 4.79 Å². The van der Waals surface area contributed by atoms with Gasteiger partial charge >= 0.3 is 0 Å². The van der Waals surface area contributed by atoms with Gasteiger partial charge < -0.3 is 14.8 Å². The second-order valence-electron chi connectivity index (χ2n) is 5.87. The van der Waals surface area contributed by atoms with Crippen LogP contribution in [0.25, 0.3) is 0 Å². The summed E-state index contributed by atoms with van der Waals surface area (Å²) < 4.78 is 11.0. The van der Waals surface area contributed by atoms with Crippen molar-refractivity contribution in [2.24, 2.45) is 5.92 Å². The molecule has 0 aliphatic carbocycles. The van der Waals surface area contributed by atoms with E-state index in [2.05, 4.69) is 19.2 Å². The van der Waals surface area contributed by atoms with Crippen molar-refractivity contribution in [1.29, 1.82) is 0 Å². The molecule has 0 fully saturated rings. The van der Waals surface area contributed by atoms with Crippen LogP contribution in [0, 0.1) is 5.92 Å². The number of carbonyl (C=O) groups is 1. The summed E-state index contributed by atoms with van der Waals surface area (Å²) in [5, 5.41) is 2.89. The molecule has 21 heavy (non-hydrogen) atoms. The molecular weight excluding hydrogens is 266 g/mol. The molecule has 0 aromatic heterocycles. The molecule has 0 saturated heterocycles. The Morgan fingerprint density at radius 2 is 1.90 bits per heavy atom. The van der Waals surface area contributed by atoms with Crippen molar-refractivity contribution < 1.29 is 14.3 Å². The smallest absolute Gasteiger partial charge is 0.256 e. The van der Waals surface area contributed by atoms with Crippen LogP contribution in [-0.2, 0) is 9.53 Å². The third-order valence-corrected chi connectivity index (χ3v) is 3.35. The van der Waals surface area contributed by atoms with Crippen molar-refractivity contribution >= 4 is 11.6 Å². The van der Waals surface area contributed by atoms with Crippen LogP contribution < -0.4 is 10.1 Å². The first-order valence-corrected chi connectivity index (χ1v) is 7.50. The van der Waals surface area contributed by atoms with Crippen LogP contribution in [0.15, 0.2) is 24.3 Å². The van der Waals surface area contributed by atoms with Gasteiger partial charge in [-0.2, -0.15) is 0 Å². The van der Waals surface area contributed by atoms with Gasteiger partial charge in [0.1, 0.15) is 11.4 Å². The monoisotopic (exact) mass is 293 g/mol. The SMILES string of the molecule is CCCC(C)(OC)C(=O)Nc1ccc(OCC(C)C)cc1. The lowest BCUT2D eigenvalue weighted by Gasteiger charge is -2.26. The maximum absolute atomic E-state index is 12.3. The summed E-state index contributed by atoms with van der Waals surface area (Å²) in [7, 11) is 1.57. The Balaban J connectivity index is 2.64. The standard InChI is InChI=1S/C17H27NO3/c1-6-11-17(4,20-5)16(19)18-14-7-9-15(10-8-14)21-12-13(2)3/h7-10,13H,6,11-12H2,1-5H3,(H,18,19). The zero-order valence-electron chi connectivity index (χ0n) is 13.7. The van der Waals surface area contributed by atoms with Crippen LogP contribution in [0.3, 0.4) is 0 Å². The van der Waals surface area contributed by atoms with Crippen molar-refractivity contribution in [1.82, 2.24) is 0 Å². The van der Waals surface area contributed by atoms with Gasteiger partial charge in [0.05, 0.1) is 6.61 Å². The lowest BCUT2D eigenvalue weighted by molar-refractivity contribution is -0.136. The molecule has 1 unspecified atom stereocenters. The second-order valence-corrected chi connectivity index (χ2v) is 5.87. The number of benzene rings is 1. The molecule has 0 spiro atoms. The minimum atomic E-state index is -0.790. The summed E-state index contributed by atoms with van der Waals surface area (Å²) in [4.78, 5) is 12.3. The van der Waals surface area contributed by atoms with Gasteiger partial charge in [-0.15, -0.1) is 0 Å². The normalized spacial score (nSPS) is 13.8. The van der Waals surface area contributed by atoms with E-state index in [4.69, 9.17) is 9.47 Å². The van der Waals surface area contributed by atoms with Crippen LogP contribution in [0.2, 0.25) is 0 Å². The number of carbonyl (C=O) groups excluding carboxylic acids is 1. The van der Waals surface area contributed by atoms with E-state index in [1.165, 1.54) is 0 Å². The van der Waals surface area contributed by atoms with Crippen molar-refractivity contribution in [3.63, 3.8) is 0 Å². The fourth-order valence-electron chi connectivity index (χ4n) is 1.95. The predicted octanol–water partition coefficient (Wildman–Crippen LogP) is 3.87. The number of methoxy groups -OCH3 is 1. The summed E-state index contributed by atoms with van der Waals surface area (Å²) in [5.41, 5.74) is -0.0436. The molecule has 0 aliphatic rings. The summed E-state index contributed by atoms with van der Waals surface area (Å²) in [5.74, 6) is 1.17. The van der Waals surface area contributed by atoms with Gasteiger partial charge in [0.15, 0.2) is 0 Å². The van der Waals surface area contributed by atoms with Gasteiger partial charge in [0.2, 0.25) is 0 Å². The Bertz CT molecular complexity index is 442. The van der Waals surface area contributed by atoms with Gasteiger partial charge in [0.25, 0.3) is 5.91 Å². The zero-order chi connectivity index (χ0) is 15.9. The first-order valence-electron chi connectivity index (χ1n) is 7.50. The molecule has 0 saturated carbocycles. The molecule has 4 heteroatoms.